The first-order chi connectivity index (χ1) is 13.5. The summed E-state index contributed by atoms with van der Waals surface area (Å²) in [6.45, 7) is -0.0980. The summed E-state index contributed by atoms with van der Waals surface area (Å²) in [5.74, 6) is -3.01. The average molecular weight is 386 g/mol. The molecule has 1 aromatic rings. The van der Waals surface area contributed by atoms with E-state index in [9.17, 15) is 24.0 Å². The maximum atomic E-state index is 12.8. The average Bonchev–Trinajstić information content (AvgIpc) is 3.31. The summed E-state index contributed by atoms with van der Waals surface area (Å²) in [6, 6.07) is 5.21. The van der Waals surface area contributed by atoms with Gasteiger partial charge in [-0.3, -0.25) is 24.1 Å². The van der Waals surface area contributed by atoms with Crippen LogP contribution in [0.2, 0.25) is 0 Å². The molecule has 3 heterocycles. The van der Waals surface area contributed by atoms with E-state index in [4.69, 9.17) is 9.47 Å². The van der Waals surface area contributed by atoms with Crippen LogP contribution in [0.4, 0.5) is 0 Å². The van der Waals surface area contributed by atoms with Crippen molar-refractivity contribution in [3.63, 3.8) is 0 Å². The fourth-order valence-electron chi connectivity index (χ4n) is 3.67. The number of likely N-dealkylation sites (tertiary alicyclic amines) is 1. The molecular formula is C19H18N2O7. The smallest absolute Gasteiger partial charge is 0.336 e. The van der Waals surface area contributed by atoms with Gasteiger partial charge in [-0.25, -0.2) is 9.69 Å². The molecule has 0 bridgehead atoms. The highest BCUT2D eigenvalue weighted by atomic mass is 16.6. The Kier molecular flexibility index (Phi) is 4.68. The largest absolute Gasteiger partial charge is 0.442 e. The first kappa shape index (κ1) is 18.3. The van der Waals surface area contributed by atoms with Crippen molar-refractivity contribution in [2.24, 2.45) is 0 Å². The molecule has 9 heteroatoms. The van der Waals surface area contributed by atoms with Gasteiger partial charge < -0.3 is 9.47 Å². The van der Waals surface area contributed by atoms with Crippen LogP contribution in [0.1, 0.15) is 46.4 Å². The van der Waals surface area contributed by atoms with Crippen molar-refractivity contribution in [3.8, 4) is 0 Å². The Balaban J connectivity index is 1.48. The van der Waals surface area contributed by atoms with Gasteiger partial charge in [-0.05, 0) is 31.4 Å². The molecule has 4 amide bonds. The Morgan fingerprint density at radius 3 is 2.36 bits per heavy atom. The SMILES string of the molecule is O=C(OCN1C(=O)CCC(N2C(=O)c3ccccc3C2=O)C1=O)C1CCCO1. The Bertz CT molecular complexity index is 840. The molecule has 9 nitrogen and oxygen atoms in total. The van der Waals surface area contributed by atoms with Gasteiger partial charge in [0.25, 0.3) is 17.7 Å². The number of nitrogens with zero attached hydrogens (tertiary/aromatic N) is 2. The normalized spacial score (nSPS) is 24.7. The predicted molar refractivity (Wildman–Crippen MR) is 91.8 cm³/mol. The fraction of sp³-hybridized carbons (Fsp3) is 0.421. The van der Waals surface area contributed by atoms with E-state index >= 15 is 0 Å². The van der Waals surface area contributed by atoms with Gasteiger partial charge in [-0.2, -0.15) is 0 Å². The number of benzene rings is 1. The summed E-state index contributed by atoms with van der Waals surface area (Å²) in [5, 5.41) is 0. The zero-order chi connectivity index (χ0) is 19.8. The lowest BCUT2D eigenvalue weighted by atomic mass is 10.0. The molecule has 0 aromatic heterocycles. The first-order valence-electron chi connectivity index (χ1n) is 9.08. The minimum absolute atomic E-state index is 0.0404. The molecule has 3 aliphatic rings. The molecule has 28 heavy (non-hydrogen) atoms. The van der Waals surface area contributed by atoms with Crippen molar-refractivity contribution in [1.29, 1.82) is 0 Å². The Morgan fingerprint density at radius 2 is 1.75 bits per heavy atom. The van der Waals surface area contributed by atoms with E-state index in [0.717, 1.165) is 16.2 Å². The Hall–Kier alpha value is -3.07. The number of amides is 4. The van der Waals surface area contributed by atoms with E-state index in [0.29, 0.717) is 13.0 Å². The van der Waals surface area contributed by atoms with Gasteiger partial charge in [0.15, 0.2) is 12.8 Å². The zero-order valence-electron chi connectivity index (χ0n) is 15.0. The van der Waals surface area contributed by atoms with E-state index in [1.165, 1.54) is 12.1 Å². The topological polar surface area (TPSA) is 110 Å². The van der Waals surface area contributed by atoms with Gasteiger partial charge in [-0.1, -0.05) is 12.1 Å². The maximum Gasteiger partial charge on any atom is 0.336 e. The van der Waals surface area contributed by atoms with Crippen LogP contribution in [-0.4, -0.2) is 64.9 Å². The summed E-state index contributed by atoms with van der Waals surface area (Å²) in [7, 11) is 0. The van der Waals surface area contributed by atoms with Crippen LogP contribution in [0.25, 0.3) is 0 Å². The van der Waals surface area contributed by atoms with Crippen LogP contribution >= 0.6 is 0 Å². The zero-order valence-corrected chi connectivity index (χ0v) is 15.0. The molecule has 2 atom stereocenters. The van der Waals surface area contributed by atoms with Gasteiger partial charge in [0.05, 0.1) is 11.1 Å². The minimum atomic E-state index is -1.11. The molecule has 2 fully saturated rings. The quantitative estimate of drug-likeness (QED) is 0.547. The molecule has 3 aliphatic heterocycles. The number of ether oxygens (including phenoxy) is 2. The van der Waals surface area contributed by atoms with Crippen molar-refractivity contribution in [1.82, 2.24) is 9.80 Å². The molecule has 2 saturated heterocycles. The Morgan fingerprint density at radius 1 is 1.07 bits per heavy atom. The van der Waals surface area contributed by atoms with Crippen molar-refractivity contribution < 1.29 is 33.4 Å². The highest BCUT2D eigenvalue weighted by Gasteiger charge is 2.47. The monoisotopic (exact) mass is 386 g/mol. The molecule has 146 valence electrons. The lowest BCUT2D eigenvalue weighted by Gasteiger charge is -2.34. The number of rotatable bonds is 4. The highest BCUT2D eigenvalue weighted by molar-refractivity contribution is 6.23. The number of hydrogen-bond donors (Lipinski definition) is 0. The number of carbonyl (C=O) groups excluding carboxylic acids is 5. The number of piperidine rings is 1. The van der Waals surface area contributed by atoms with Crippen LogP contribution in [0.3, 0.4) is 0 Å². The van der Waals surface area contributed by atoms with Crippen LogP contribution in [0, 0.1) is 0 Å². The van der Waals surface area contributed by atoms with Gasteiger partial charge in [0, 0.05) is 13.0 Å². The third-order valence-corrected chi connectivity index (χ3v) is 5.15. The summed E-state index contributed by atoms with van der Waals surface area (Å²) in [4.78, 5) is 63.9. The highest BCUT2D eigenvalue weighted by Crippen LogP contribution is 2.29. The van der Waals surface area contributed by atoms with Crippen molar-refractivity contribution in [2.75, 3.05) is 13.3 Å². The van der Waals surface area contributed by atoms with Gasteiger partial charge in [0.1, 0.15) is 6.04 Å². The predicted octanol–water partition coefficient (Wildman–Crippen LogP) is 0.480. The van der Waals surface area contributed by atoms with E-state index < -0.39 is 48.5 Å². The molecule has 0 spiro atoms. The molecule has 2 unspecified atom stereocenters. The van der Waals surface area contributed by atoms with E-state index in [2.05, 4.69) is 0 Å². The maximum absolute atomic E-state index is 12.8. The van der Waals surface area contributed by atoms with Gasteiger partial charge in [0.2, 0.25) is 5.91 Å². The third kappa shape index (κ3) is 2.97. The van der Waals surface area contributed by atoms with Crippen molar-refractivity contribution in [3.05, 3.63) is 35.4 Å². The van der Waals surface area contributed by atoms with Crippen LogP contribution in [0.15, 0.2) is 24.3 Å². The molecule has 0 radical (unpaired) electrons. The lowest BCUT2D eigenvalue weighted by molar-refractivity contribution is -0.168. The molecular weight excluding hydrogens is 368 g/mol. The van der Waals surface area contributed by atoms with E-state index in [1.807, 2.05) is 0 Å². The summed E-state index contributed by atoms with van der Waals surface area (Å²) in [6.07, 6.45) is 0.573. The van der Waals surface area contributed by atoms with Gasteiger partial charge >= 0.3 is 5.97 Å². The molecule has 0 saturated carbocycles. The number of imide groups is 2. The molecule has 0 N–H and O–H groups in total. The number of fused-ring (bicyclic) bond motifs is 1. The lowest BCUT2D eigenvalue weighted by Crippen LogP contribution is -2.56. The molecule has 4 rings (SSSR count). The van der Waals surface area contributed by atoms with Gasteiger partial charge in [-0.15, -0.1) is 0 Å². The van der Waals surface area contributed by atoms with Crippen LogP contribution in [-0.2, 0) is 23.9 Å². The minimum Gasteiger partial charge on any atom is -0.442 e. The number of carbonyl (C=O) groups is 5. The van der Waals surface area contributed by atoms with Crippen molar-refractivity contribution in [2.45, 2.75) is 37.8 Å². The number of hydrogen-bond acceptors (Lipinski definition) is 7. The second-order valence-corrected chi connectivity index (χ2v) is 6.83. The summed E-state index contributed by atoms with van der Waals surface area (Å²) < 4.78 is 10.3. The standard InChI is InChI=1S/C19H18N2O7/c22-15-8-7-13(21-16(23)11-4-1-2-5-12(11)17(21)24)18(25)20(15)10-28-19(26)14-6-3-9-27-14/h1-2,4-5,13-14H,3,6-10H2. The van der Waals surface area contributed by atoms with Crippen LogP contribution in [0.5, 0.6) is 0 Å². The summed E-state index contributed by atoms with van der Waals surface area (Å²) in [5.41, 5.74) is 0.460. The third-order valence-electron chi connectivity index (χ3n) is 5.15. The van der Waals surface area contributed by atoms with Crippen LogP contribution < -0.4 is 0 Å². The van der Waals surface area contributed by atoms with E-state index in [1.54, 1.807) is 12.1 Å². The summed E-state index contributed by atoms with van der Waals surface area (Å²) >= 11 is 0. The molecule has 0 aliphatic carbocycles. The second kappa shape index (κ2) is 7.16. The Labute approximate surface area is 160 Å². The van der Waals surface area contributed by atoms with Crippen molar-refractivity contribution >= 4 is 29.6 Å². The second-order valence-electron chi connectivity index (χ2n) is 6.83. The number of esters is 1. The first-order valence-corrected chi connectivity index (χ1v) is 9.08. The molecule has 1 aromatic carbocycles. The van der Waals surface area contributed by atoms with E-state index in [-0.39, 0.29) is 24.0 Å². The fourth-order valence-corrected chi connectivity index (χ4v) is 3.67.